The van der Waals surface area contributed by atoms with Gasteiger partial charge in [0.1, 0.15) is 0 Å². The van der Waals surface area contributed by atoms with Crippen LogP contribution in [-0.4, -0.2) is 4.57 Å². The zero-order valence-electron chi connectivity index (χ0n) is 20.5. The molecule has 38 heavy (non-hydrogen) atoms. The van der Waals surface area contributed by atoms with Crippen LogP contribution in [0.25, 0.3) is 80.0 Å². The highest BCUT2D eigenvalue weighted by Gasteiger charge is 2.20. The average molecular weight is 500 g/mol. The number of benzene rings is 7. The Morgan fingerprint density at radius 2 is 1.11 bits per heavy atom. The van der Waals surface area contributed by atoms with Crippen LogP contribution >= 0.6 is 11.3 Å². The molecule has 1 nitrogen and oxygen atoms in total. The van der Waals surface area contributed by atoms with Crippen LogP contribution in [0.2, 0.25) is 0 Å². The second-order valence-corrected chi connectivity index (χ2v) is 11.2. The fourth-order valence-electron chi connectivity index (χ4n) is 6.52. The molecule has 0 atom stereocenters. The van der Waals surface area contributed by atoms with Crippen LogP contribution in [0, 0.1) is 0 Å². The lowest BCUT2D eigenvalue weighted by Gasteiger charge is -2.11. The molecule has 0 N–H and O–H groups in total. The van der Waals surface area contributed by atoms with Gasteiger partial charge in [-0.2, -0.15) is 0 Å². The molecule has 0 fully saturated rings. The van der Waals surface area contributed by atoms with Crippen molar-refractivity contribution in [2.75, 3.05) is 0 Å². The first-order valence-electron chi connectivity index (χ1n) is 13.0. The van der Waals surface area contributed by atoms with Gasteiger partial charge in [-0.1, -0.05) is 103 Å². The first-order chi connectivity index (χ1) is 18.9. The van der Waals surface area contributed by atoms with Gasteiger partial charge >= 0.3 is 0 Å². The molecule has 9 aromatic rings. The lowest BCUT2D eigenvalue weighted by Crippen LogP contribution is -1.94. The Hall–Kier alpha value is -4.66. The summed E-state index contributed by atoms with van der Waals surface area (Å²) in [6, 6.07) is 46.8. The van der Waals surface area contributed by atoms with E-state index >= 15 is 0 Å². The Morgan fingerprint density at radius 3 is 1.95 bits per heavy atom. The molecule has 2 heterocycles. The molecule has 0 aliphatic rings. The first-order valence-corrected chi connectivity index (χ1v) is 13.9. The number of aromatic nitrogens is 1. The Balaban J connectivity index is 1.57. The van der Waals surface area contributed by atoms with Gasteiger partial charge in [-0.15, -0.1) is 11.3 Å². The molecule has 7 aromatic carbocycles. The molecule has 0 aliphatic carbocycles. The van der Waals surface area contributed by atoms with Crippen molar-refractivity contribution in [1.29, 1.82) is 0 Å². The fourth-order valence-corrected chi connectivity index (χ4v) is 7.78. The molecular formula is C36H21NS. The smallest absolute Gasteiger partial charge is 0.0634 e. The Morgan fingerprint density at radius 1 is 0.447 bits per heavy atom. The highest BCUT2D eigenvalue weighted by Crippen LogP contribution is 2.48. The molecule has 0 radical (unpaired) electrons. The van der Waals surface area contributed by atoms with E-state index in [0.717, 1.165) is 0 Å². The van der Waals surface area contributed by atoms with Gasteiger partial charge in [0.25, 0.3) is 0 Å². The highest BCUT2D eigenvalue weighted by atomic mass is 32.1. The first kappa shape index (κ1) is 20.4. The Bertz CT molecular complexity index is 2400. The number of rotatable bonds is 1. The van der Waals surface area contributed by atoms with E-state index in [4.69, 9.17) is 0 Å². The van der Waals surface area contributed by atoms with Crippen LogP contribution in [-0.2, 0) is 0 Å². The minimum absolute atomic E-state index is 1.20. The Labute approximate surface area is 222 Å². The summed E-state index contributed by atoms with van der Waals surface area (Å²) in [7, 11) is 0. The number of fused-ring (bicyclic) bond motifs is 13. The van der Waals surface area contributed by atoms with Crippen molar-refractivity contribution in [1.82, 2.24) is 4.57 Å². The second-order valence-electron chi connectivity index (χ2n) is 10.1. The average Bonchev–Trinajstić information content (AvgIpc) is 3.54. The van der Waals surface area contributed by atoms with Crippen molar-refractivity contribution in [3.63, 3.8) is 0 Å². The largest absolute Gasteiger partial charge is 0.309 e. The summed E-state index contributed by atoms with van der Waals surface area (Å²) in [5, 5.41) is 13.2. The van der Waals surface area contributed by atoms with E-state index in [9.17, 15) is 0 Å². The number of nitrogens with zero attached hydrogens (tertiary/aromatic N) is 1. The number of thiophene rings is 1. The van der Waals surface area contributed by atoms with Crippen LogP contribution in [0.5, 0.6) is 0 Å². The third kappa shape index (κ3) is 2.60. The maximum Gasteiger partial charge on any atom is 0.0634 e. The molecular weight excluding hydrogens is 478 g/mol. The monoisotopic (exact) mass is 499 g/mol. The van der Waals surface area contributed by atoms with Gasteiger partial charge < -0.3 is 4.57 Å². The molecule has 2 aromatic heterocycles. The van der Waals surface area contributed by atoms with Crippen molar-refractivity contribution in [3.8, 4) is 5.69 Å². The highest BCUT2D eigenvalue weighted by molar-refractivity contribution is 7.27. The molecule has 0 saturated heterocycles. The summed E-state index contributed by atoms with van der Waals surface area (Å²) in [4.78, 5) is 0. The summed E-state index contributed by atoms with van der Waals surface area (Å²) in [5.74, 6) is 0. The maximum absolute atomic E-state index is 2.50. The standard InChI is InChI=1S/C36H21NS/c1-2-10-23-21-24(18-17-22(23)9-1)37-31-16-8-7-13-27(31)29-19-20-32-34(35(29)37)33-28-14-5-3-11-25(28)26-12-4-6-15-30(26)36(33)38-32/h1-21H. The topological polar surface area (TPSA) is 4.93 Å². The van der Waals surface area contributed by atoms with Gasteiger partial charge in [0, 0.05) is 42.0 Å². The zero-order chi connectivity index (χ0) is 24.8. The third-order valence-electron chi connectivity index (χ3n) is 8.14. The zero-order valence-corrected chi connectivity index (χ0v) is 21.3. The van der Waals surface area contributed by atoms with Crippen LogP contribution in [0.1, 0.15) is 0 Å². The lowest BCUT2D eigenvalue weighted by atomic mass is 9.96. The number of hydrogen-bond acceptors (Lipinski definition) is 1. The van der Waals surface area contributed by atoms with E-state index in [-0.39, 0.29) is 0 Å². The van der Waals surface area contributed by atoms with Crippen molar-refractivity contribution >= 4 is 85.6 Å². The summed E-state index contributed by atoms with van der Waals surface area (Å²) in [6.07, 6.45) is 0. The second kappa shape index (κ2) is 7.44. The normalized spacial score (nSPS) is 12.2. The Kier molecular flexibility index (Phi) is 3.99. The molecule has 0 unspecified atom stereocenters. The van der Waals surface area contributed by atoms with Gasteiger partial charge in [0.05, 0.1) is 11.0 Å². The van der Waals surface area contributed by atoms with E-state index in [0.29, 0.717) is 0 Å². The van der Waals surface area contributed by atoms with Gasteiger partial charge in [-0.3, -0.25) is 0 Å². The van der Waals surface area contributed by atoms with E-state index in [1.165, 1.54) is 80.0 Å². The van der Waals surface area contributed by atoms with Gasteiger partial charge in [-0.05, 0) is 51.2 Å². The molecule has 0 bridgehead atoms. The summed E-state index contributed by atoms with van der Waals surface area (Å²) < 4.78 is 5.20. The van der Waals surface area contributed by atoms with Crippen LogP contribution in [0.15, 0.2) is 127 Å². The molecule has 0 aliphatic heterocycles. The lowest BCUT2D eigenvalue weighted by molar-refractivity contribution is 1.19. The van der Waals surface area contributed by atoms with Crippen molar-refractivity contribution in [2.45, 2.75) is 0 Å². The van der Waals surface area contributed by atoms with E-state index < -0.39 is 0 Å². The predicted octanol–water partition coefficient (Wildman–Crippen LogP) is 10.6. The van der Waals surface area contributed by atoms with Crippen molar-refractivity contribution < 1.29 is 0 Å². The summed E-state index contributed by atoms with van der Waals surface area (Å²) >= 11 is 1.92. The molecule has 176 valence electrons. The van der Waals surface area contributed by atoms with Crippen LogP contribution in [0.3, 0.4) is 0 Å². The SMILES string of the molecule is c1ccc2cc(-n3c4ccccc4c4ccc5sc6c7ccccc7c7ccccc7c6c5c43)ccc2c1. The number of hydrogen-bond donors (Lipinski definition) is 0. The number of para-hydroxylation sites is 1. The molecule has 9 rings (SSSR count). The van der Waals surface area contributed by atoms with Crippen LogP contribution in [0.4, 0.5) is 0 Å². The maximum atomic E-state index is 2.50. The molecule has 2 heteroatoms. The molecule has 0 spiro atoms. The van der Waals surface area contributed by atoms with Gasteiger partial charge in [-0.25, -0.2) is 0 Å². The van der Waals surface area contributed by atoms with Crippen molar-refractivity contribution in [3.05, 3.63) is 127 Å². The van der Waals surface area contributed by atoms with Gasteiger partial charge in [0.2, 0.25) is 0 Å². The van der Waals surface area contributed by atoms with E-state index in [1.807, 2.05) is 11.3 Å². The summed E-state index contributed by atoms with van der Waals surface area (Å²) in [6.45, 7) is 0. The molecule has 0 saturated carbocycles. The molecule has 0 amide bonds. The third-order valence-corrected chi connectivity index (χ3v) is 9.33. The summed E-state index contributed by atoms with van der Waals surface area (Å²) in [5.41, 5.74) is 3.74. The minimum Gasteiger partial charge on any atom is -0.309 e. The predicted molar refractivity (Wildman–Crippen MR) is 166 cm³/mol. The van der Waals surface area contributed by atoms with Gasteiger partial charge in [0.15, 0.2) is 0 Å². The van der Waals surface area contributed by atoms with Crippen molar-refractivity contribution in [2.24, 2.45) is 0 Å². The van der Waals surface area contributed by atoms with E-state index in [2.05, 4.69) is 132 Å². The van der Waals surface area contributed by atoms with E-state index in [1.54, 1.807) is 0 Å². The van der Waals surface area contributed by atoms with Crippen LogP contribution < -0.4 is 0 Å². The fraction of sp³-hybridized carbons (Fsp3) is 0. The quantitative estimate of drug-likeness (QED) is 0.198. The minimum atomic E-state index is 1.20.